The minimum Gasteiger partial charge on any atom is -0.350 e. The highest BCUT2D eigenvalue weighted by Gasteiger charge is 2.33. The predicted octanol–water partition coefficient (Wildman–Crippen LogP) is 2.80. The van der Waals surface area contributed by atoms with E-state index >= 15 is 0 Å². The van der Waals surface area contributed by atoms with Gasteiger partial charge in [-0.05, 0) is 18.4 Å². The second kappa shape index (κ2) is 7.94. The topological polar surface area (TPSA) is 80.1 Å². The fourth-order valence-corrected chi connectivity index (χ4v) is 4.78. The number of anilines is 1. The van der Waals surface area contributed by atoms with Crippen LogP contribution in [0.2, 0.25) is 0 Å². The molecular formula is C21H25N5O2S. The zero-order chi connectivity index (χ0) is 20.5. The van der Waals surface area contributed by atoms with Crippen LogP contribution in [0.4, 0.5) is 5.13 Å². The van der Waals surface area contributed by atoms with Gasteiger partial charge < -0.3 is 10.2 Å². The molecule has 1 unspecified atom stereocenters. The number of carbonyl (C=O) groups excluding carboxylic acids is 1. The molecule has 1 aliphatic rings. The van der Waals surface area contributed by atoms with Crippen LogP contribution < -0.4 is 15.8 Å². The summed E-state index contributed by atoms with van der Waals surface area (Å²) in [4.78, 5) is 37.4. The maximum atomic E-state index is 12.8. The number of thiazole rings is 1. The number of amides is 1. The van der Waals surface area contributed by atoms with Crippen molar-refractivity contribution in [3.63, 3.8) is 0 Å². The van der Waals surface area contributed by atoms with Crippen LogP contribution in [0.25, 0.3) is 10.3 Å². The van der Waals surface area contributed by atoms with Crippen LogP contribution in [0.1, 0.15) is 44.0 Å². The Hall–Kier alpha value is -2.74. The smallest absolute Gasteiger partial charge is 0.280 e. The zero-order valence-electron chi connectivity index (χ0n) is 16.9. The van der Waals surface area contributed by atoms with Gasteiger partial charge in [-0.25, -0.2) is 9.97 Å². The van der Waals surface area contributed by atoms with Gasteiger partial charge in [0, 0.05) is 26.1 Å². The number of rotatable bonds is 5. The van der Waals surface area contributed by atoms with E-state index in [0.717, 1.165) is 30.8 Å². The van der Waals surface area contributed by atoms with Gasteiger partial charge in [-0.3, -0.25) is 14.2 Å². The summed E-state index contributed by atoms with van der Waals surface area (Å²) in [5, 5.41) is 3.73. The highest BCUT2D eigenvalue weighted by molar-refractivity contribution is 7.21. The van der Waals surface area contributed by atoms with E-state index in [1.165, 1.54) is 11.3 Å². The zero-order valence-corrected chi connectivity index (χ0v) is 17.7. The summed E-state index contributed by atoms with van der Waals surface area (Å²) in [6.07, 6.45) is 1.70. The SMILES string of the molecule is CC(C)c1nc2sc(N3CCCC3C(=O)NCc3ccccc3)nc2c(=O)n1C. The average molecular weight is 412 g/mol. The van der Waals surface area contributed by atoms with Gasteiger partial charge in [-0.15, -0.1) is 0 Å². The van der Waals surface area contributed by atoms with Gasteiger partial charge in [0.1, 0.15) is 11.9 Å². The predicted molar refractivity (Wildman–Crippen MR) is 115 cm³/mol. The van der Waals surface area contributed by atoms with Crippen LogP contribution in [0.15, 0.2) is 35.1 Å². The first kappa shape index (κ1) is 19.6. The van der Waals surface area contributed by atoms with Crippen LogP contribution in [-0.4, -0.2) is 33.0 Å². The number of fused-ring (bicyclic) bond motifs is 1. The van der Waals surface area contributed by atoms with Gasteiger partial charge in [0.15, 0.2) is 15.5 Å². The van der Waals surface area contributed by atoms with E-state index in [4.69, 9.17) is 0 Å². The van der Waals surface area contributed by atoms with Crippen LogP contribution >= 0.6 is 11.3 Å². The molecule has 4 rings (SSSR count). The molecular weight excluding hydrogens is 386 g/mol. The van der Waals surface area contributed by atoms with Crippen molar-refractivity contribution in [3.05, 3.63) is 52.1 Å². The summed E-state index contributed by atoms with van der Waals surface area (Å²) >= 11 is 1.39. The third-order valence-corrected chi connectivity index (χ3v) is 6.28. The number of aromatic nitrogens is 3. The van der Waals surface area contributed by atoms with Crippen molar-refractivity contribution in [1.29, 1.82) is 0 Å². The Bertz CT molecular complexity index is 1090. The number of nitrogens with zero attached hydrogens (tertiary/aromatic N) is 4. The second-order valence-corrected chi connectivity index (χ2v) is 8.65. The molecule has 2 aromatic heterocycles. The lowest BCUT2D eigenvalue weighted by Gasteiger charge is -2.23. The van der Waals surface area contributed by atoms with E-state index < -0.39 is 0 Å². The maximum absolute atomic E-state index is 12.8. The first-order valence-corrected chi connectivity index (χ1v) is 10.7. The number of nitrogens with one attached hydrogen (secondary N) is 1. The van der Waals surface area contributed by atoms with E-state index in [1.54, 1.807) is 11.6 Å². The molecule has 29 heavy (non-hydrogen) atoms. The van der Waals surface area contributed by atoms with Crippen molar-refractivity contribution < 1.29 is 4.79 Å². The maximum Gasteiger partial charge on any atom is 0.280 e. The molecule has 3 aromatic rings. The van der Waals surface area contributed by atoms with Gasteiger partial charge >= 0.3 is 0 Å². The average Bonchev–Trinajstić information content (AvgIpc) is 3.36. The Morgan fingerprint density at radius 1 is 1.28 bits per heavy atom. The van der Waals surface area contributed by atoms with Gasteiger partial charge in [0.2, 0.25) is 5.91 Å². The molecule has 7 nitrogen and oxygen atoms in total. The molecule has 0 aliphatic carbocycles. The highest BCUT2D eigenvalue weighted by atomic mass is 32.1. The van der Waals surface area contributed by atoms with Crippen molar-refractivity contribution >= 4 is 32.7 Å². The van der Waals surface area contributed by atoms with Gasteiger partial charge in [0.05, 0.1) is 0 Å². The minimum absolute atomic E-state index is 0.00524. The normalized spacial score (nSPS) is 16.7. The van der Waals surface area contributed by atoms with Crippen molar-refractivity contribution in [2.24, 2.45) is 7.05 Å². The molecule has 152 valence electrons. The summed E-state index contributed by atoms with van der Waals surface area (Å²) in [6, 6.07) is 9.60. The minimum atomic E-state index is -0.271. The summed E-state index contributed by atoms with van der Waals surface area (Å²) in [6.45, 7) is 5.29. The Balaban J connectivity index is 1.58. The molecule has 8 heteroatoms. The van der Waals surface area contributed by atoms with Crippen LogP contribution in [-0.2, 0) is 18.4 Å². The molecule has 1 N–H and O–H groups in total. The van der Waals surface area contributed by atoms with Gasteiger partial charge in [-0.2, -0.15) is 0 Å². The Morgan fingerprint density at radius 3 is 2.76 bits per heavy atom. The lowest BCUT2D eigenvalue weighted by molar-refractivity contribution is -0.122. The Morgan fingerprint density at radius 2 is 2.03 bits per heavy atom. The second-order valence-electron chi connectivity index (χ2n) is 7.69. The molecule has 0 bridgehead atoms. The van der Waals surface area contributed by atoms with Crippen molar-refractivity contribution in [2.45, 2.75) is 45.2 Å². The summed E-state index contributed by atoms with van der Waals surface area (Å²) in [5.41, 5.74) is 1.32. The van der Waals surface area contributed by atoms with E-state index in [0.29, 0.717) is 22.0 Å². The molecule has 1 aliphatic heterocycles. The van der Waals surface area contributed by atoms with Crippen molar-refractivity contribution in [2.75, 3.05) is 11.4 Å². The van der Waals surface area contributed by atoms with Gasteiger partial charge in [-0.1, -0.05) is 55.5 Å². The fourth-order valence-electron chi connectivity index (χ4n) is 3.77. The molecule has 1 aromatic carbocycles. The van der Waals surface area contributed by atoms with E-state index in [-0.39, 0.29) is 23.4 Å². The summed E-state index contributed by atoms with van der Waals surface area (Å²) in [7, 11) is 1.73. The largest absolute Gasteiger partial charge is 0.350 e. The Labute approximate surface area is 173 Å². The monoisotopic (exact) mass is 411 g/mol. The molecule has 1 atom stereocenters. The third kappa shape index (κ3) is 3.76. The van der Waals surface area contributed by atoms with Crippen molar-refractivity contribution in [3.8, 4) is 0 Å². The van der Waals surface area contributed by atoms with E-state index in [1.807, 2.05) is 49.1 Å². The number of hydrogen-bond acceptors (Lipinski definition) is 6. The molecule has 3 heterocycles. The summed E-state index contributed by atoms with van der Waals surface area (Å²) in [5.74, 6) is 0.886. The molecule has 1 amide bonds. The number of benzene rings is 1. The van der Waals surface area contributed by atoms with Crippen LogP contribution in [0.3, 0.4) is 0 Å². The first-order chi connectivity index (χ1) is 14.0. The molecule has 1 fully saturated rings. The molecule has 0 saturated carbocycles. The first-order valence-electron chi connectivity index (χ1n) is 9.91. The molecule has 0 spiro atoms. The quantitative estimate of drug-likeness (QED) is 0.698. The molecule has 0 radical (unpaired) electrons. The third-order valence-electron chi connectivity index (χ3n) is 5.29. The lowest BCUT2D eigenvalue weighted by Crippen LogP contribution is -2.43. The lowest BCUT2D eigenvalue weighted by atomic mass is 10.2. The number of hydrogen-bond donors (Lipinski definition) is 1. The van der Waals surface area contributed by atoms with Crippen molar-refractivity contribution in [1.82, 2.24) is 19.9 Å². The summed E-state index contributed by atoms with van der Waals surface area (Å²) < 4.78 is 1.57. The van der Waals surface area contributed by atoms with Crippen LogP contribution in [0, 0.1) is 0 Å². The van der Waals surface area contributed by atoms with Crippen LogP contribution in [0.5, 0.6) is 0 Å². The van der Waals surface area contributed by atoms with E-state index in [2.05, 4.69) is 15.3 Å². The number of carbonyl (C=O) groups is 1. The highest BCUT2D eigenvalue weighted by Crippen LogP contribution is 2.32. The van der Waals surface area contributed by atoms with E-state index in [9.17, 15) is 9.59 Å². The Kier molecular flexibility index (Phi) is 5.36. The fraction of sp³-hybridized carbons (Fsp3) is 0.429. The van der Waals surface area contributed by atoms with Gasteiger partial charge in [0.25, 0.3) is 5.56 Å². The molecule has 1 saturated heterocycles. The standard InChI is InChI=1S/C21H25N5O2S/c1-13(2)17-24-19-16(20(28)25(17)3)23-21(29-19)26-11-7-10-15(26)18(27)22-12-14-8-5-4-6-9-14/h4-6,8-9,13,15H,7,10-12H2,1-3H3,(H,22,27).